The van der Waals surface area contributed by atoms with E-state index in [4.69, 9.17) is 4.74 Å². The smallest absolute Gasteiger partial charge is 0.277 e. The number of rotatable bonds is 6. The number of carbonyl (C=O) groups excluding carboxylic acids is 1. The van der Waals surface area contributed by atoms with Crippen molar-refractivity contribution >= 4 is 57.3 Å². The maximum Gasteiger partial charge on any atom is 0.277 e. The maximum absolute atomic E-state index is 12.0. The fourth-order valence-corrected chi connectivity index (χ4v) is 3.87. The summed E-state index contributed by atoms with van der Waals surface area (Å²) in [6.45, 7) is 6.13. The van der Waals surface area contributed by atoms with Gasteiger partial charge in [0, 0.05) is 26.2 Å². The number of nitrogens with one attached hydrogen (secondary N) is 1. The van der Waals surface area contributed by atoms with E-state index in [9.17, 15) is 4.79 Å². The molecular formula is C22H21I2N3O2. The zero-order valence-electron chi connectivity index (χ0n) is 16.4. The second kappa shape index (κ2) is 9.75. The quantitative estimate of drug-likeness (QED) is 0.238. The molecule has 1 heterocycles. The molecule has 3 rings (SSSR count). The summed E-state index contributed by atoms with van der Waals surface area (Å²) >= 11 is 4.51. The van der Waals surface area contributed by atoms with Crippen molar-refractivity contribution in [1.29, 1.82) is 0 Å². The summed E-state index contributed by atoms with van der Waals surface area (Å²) < 4.78 is 9.92. The fourth-order valence-electron chi connectivity index (χ4n) is 2.99. The van der Waals surface area contributed by atoms with Crippen LogP contribution >= 0.6 is 45.2 Å². The van der Waals surface area contributed by atoms with Crippen molar-refractivity contribution < 1.29 is 9.53 Å². The van der Waals surface area contributed by atoms with Gasteiger partial charge in [0.15, 0.2) is 6.61 Å². The number of ether oxygens (including phenoxy) is 1. The molecular weight excluding hydrogens is 592 g/mol. The summed E-state index contributed by atoms with van der Waals surface area (Å²) in [5, 5.41) is 4.10. The monoisotopic (exact) mass is 613 g/mol. The van der Waals surface area contributed by atoms with Crippen LogP contribution in [0.1, 0.15) is 22.5 Å². The van der Waals surface area contributed by atoms with Crippen LogP contribution in [0.2, 0.25) is 0 Å². The molecule has 1 N–H and O–H groups in total. The molecule has 0 atom stereocenters. The van der Waals surface area contributed by atoms with E-state index in [0.717, 1.165) is 26.2 Å². The summed E-state index contributed by atoms with van der Waals surface area (Å²) in [5.74, 6) is 0.381. The Morgan fingerprint density at radius 3 is 2.59 bits per heavy atom. The largest absolute Gasteiger partial charge is 0.483 e. The first kappa shape index (κ1) is 21.8. The Balaban J connectivity index is 1.66. The van der Waals surface area contributed by atoms with Gasteiger partial charge in [-0.25, -0.2) is 5.43 Å². The second-order valence-corrected chi connectivity index (χ2v) is 8.93. The molecule has 29 heavy (non-hydrogen) atoms. The molecule has 3 aromatic rings. The number of para-hydroxylation sites is 1. The van der Waals surface area contributed by atoms with Crippen LogP contribution < -0.4 is 10.2 Å². The first-order valence-electron chi connectivity index (χ1n) is 9.01. The minimum absolute atomic E-state index is 0.0850. The van der Waals surface area contributed by atoms with Crippen molar-refractivity contribution in [3.63, 3.8) is 0 Å². The van der Waals surface area contributed by atoms with E-state index >= 15 is 0 Å². The number of hydrogen-bond acceptors (Lipinski definition) is 3. The predicted molar refractivity (Wildman–Crippen MR) is 133 cm³/mol. The van der Waals surface area contributed by atoms with Crippen molar-refractivity contribution in [1.82, 2.24) is 9.99 Å². The van der Waals surface area contributed by atoms with Gasteiger partial charge in [-0.15, -0.1) is 0 Å². The third-order valence-electron chi connectivity index (χ3n) is 4.46. The highest BCUT2D eigenvalue weighted by atomic mass is 127. The number of hydrogen-bond donors (Lipinski definition) is 1. The first-order chi connectivity index (χ1) is 13.9. The number of benzene rings is 2. The molecule has 2 aromatic carbocycles. The van der Waals surface area contributed by atoms with E-state index in [1.807, 2.05) is 31.2 Å². The molecule has 0 aliphatic carbocycles. The Bertz CT molecular complexity index is 1070. The average molecular weight is 613 g/mol. The topological polar surface area (TPSA) is 55.6 Å². The van der Waals surface area contributed by atoms with Crippen LogP contribution in [0, 0.1) is 27.9 Å². The van der Waals surface area contributed by atoms with Crippen LogP contribution in [0.15, 0.2) is 53.6 Å². The molecule has 0 saturated heterocycles. The fraction of sp³-hybridized carbons (Fsp3) is 0.182. The number of hydrazone groups is 1. The highest BCUT2D eigenvalue weighted by Gasteiger charge is 2.10. The van der Waals surface area contributed by atoms with Gasteiger partial charge in [-0.3, -0.25) is 4.79 Å². The SMILES string of the molecule is Cc1cc(-n2c(C)cc(/C=N/NC(=O)COc3ccccc3I)c2C)ccc1I. The lowest BCUT2D eigenvalue weighted by atomic mass is 10.2. The van der Waals surface area contributed by atoms with Gasteiger partial charge in [0.1, 0.15) is 5.75 Å². The van der Waals surface area contributed by atoms with Gasteiger partial charge in [0.2, 0.25) is 0 Å². The van der Waals surface area contributed by atoms with Gasteiger partial charge in [-0.05, 0) is 108 Å². The lowest BCUT2D eigenvalue weighted by Crippen LogP contribution is -2.24. The Hall–Kier alpha value is -1.88. The molecule has 0 fully saturated rings. The van der Waals surface area contributed by atoms with Crippen LogP contribution in [-0.4, -0.2) is 23.3 Å². The summed E-state index contributed by atoms with van der Waals surface area (Å²) in [5.41, 5.74) is 8.02. The molecule has 150 valence electrons. The Morgan fingerprint density at radius 1 is 1.10 bits per heavy atom. The molecule has 0 bridgehead atoms. The number of carbonyl (C=O) groups is 1. The van der Waals surface area contributed by atoms with E-state index in [1.165, 1.54) is 9.13 Å². The van der Waals surface area contributed by atoms with Gasteiger partial charge in [0.05, 0.1) is 9.78 Å². The van der Waals surface area contributed by atoms with Gasteiger partial charge in [0.25, 0.3) is 5.91 Å². The summed E-state index contributed by atoms with van der Waals surface area (Å²) in [6, 6.07) is 16.0. The zero-order valence-corrected chi connectivity index (χ0v) is 20.7. The van der Waals surface area contributed by atoms with Gasteiger partial charge in [-0.2, -0.15) is 5.10 Å². The molecule has 5 nitrogen and oxygen atoms in total. The molecule has 1 amide bonds. The number of halogens is 2. The normalized spacial score (nSPS) is 11.1. The third kappa shape index (κ3) is 5.39. The van der Waals surface area contributed by atoms with E-state index in [-0.39, 0.29) is 12.5 Å². The lowest BCUT2D eigenvalue weighted by molar-refractivity contribution is -0.123. The average Bonchev–Trinajstić information content (AvgIpc) is 2.97. The van der Waals surface area contributed by atoms with Crippen LogP contribution in [0.4, 0.5) is 0 Å². The minimum Gasteiger partial charge on any atom is -0.483 e. The summed E-state index contributed by atoms with van der Waals surface area (Å²) in [6.07, 6.45) is 1.67. The molecule has 7 heteroatoms. The Morgan fingerprint density at radius 2 is 1.86 bits per heavy atom. The van der Waals surface area contributed by atoms with Crippen molar-refractivity contribution in [3.8, 4) is 11.4 Å². The van der Waals surface area contributed by atoms with Gasteiger partial charge >= 0.3 is 0 Å². The van der Waals surface area contributed by atoms with Gasteiger partial charge < -0.3 is 9.30 Å². The zero-order chi connectivity index (χ0) is 21.0. The molecule has 0 aliphatic heterocycles. The first-order valence-corrected chi connectivity index (χ1v) is 11.2. The molecule has 0 radical (unpaired) electrons. The minimum atomic E-state index is -0.303. The van der Waals surface area contributed by atoms with Crippen molar-refractivity contribution in [2.75, 3.05) is 6.61 Å². The molecule has 0 spiro atoms. The van der Waals surface area contributed by atoms with Gasteiger partial charge in [-0.1, -0.05) is 12.1 Å². The molecule has 0 saturated carbocycles. The van der Waals surface area contributed by atoms with Crippen LogP contribution in [0.25, 0.3) is 5.69 Å². The van der Waals surface area contributed by atoms with Crippen molar-refractivity contribution in [3.05, 3.63) is 78.2 Å². The van der Waals surface area contributed by atoms with Crippen molar-refractivity contribution in [2.24, 2.45) is 5.10 Å². The predicted octanol–water partition coefficient (Wildman–Crippen LogP) is 5.14. The third-order valence-corrected chi connectivity index (χ3v) is 6.56. The number of amides is 1. The van der Waals surface area contributed by atoms with E-state index in [1.54, 1.807) is 6.21 Å². The standard InChI is InChI=1S/C22H21I2N3O2/c1-14-10-18(8-9-19(14)23)27-15(2)11-17(16(27)3)12-25-26-22(28)13-29-21-7-5-4-6-20(21)24/h4-12H,13H2,1-3H3,(H,26,28)/b25-12+. The molecule has 0 aliphatic rings. The Kier molecular flexibility index (Phi) is 7.33. The summed E-state index contributed by atoms with van der Waals surface area (Å²) in [4.78, 5) is 12.0. The molecule has 0 unspecified atom stereocenters. The maximum atomic E-state index is 12.0. The number of nitrogens with zero attached hydrogens (tertiary/aromatic N) is 2. The second-order valence-electron chi connectivity index (χ2n) is 6.61. The van der Waals surface area contributed by atoms with E-state index in [0.29, 0.717) is 5.75 Å². The van der Waals surface area contributed by atoms with Crippen molar-refractivity contribution in [2.45, 2.75) is 20.8 Å². The van der Waals surface area contributed by atoms with E-state index < -0.39 is 0 Å². The van der Waals surface area contributed by atoms with Crippen LogP contribution in [-0.2, 0) is 4.79 Å². The number of aromatic nitrogens is 1. The summed E-state index contributed by atoms with van der Waals surface area (Å²) in [7, 11) is 0. The number of aryl methyl sites for hydroxylation is 2. The highest BCUT2D eigenvalue weighted by molar-refractivity contribution is 14.1. The Labute approximate surface area is 197 Å². The highest BCUT2D eigenvalue weighted by Crippen LogP contribution is 2.23. The van der Waals surface area contributed by atoms with Crippen LogP contribution in [0.5, 0.6) is 5.75 Å². The molecule has 1 aromatic heterocycles. The van der Waals surface area contributed by atoms with Crippen LogP contribution in [0.3, 0.4) is 0 Å². The lowest BCUT2D eigenvalue weighted by Gasteiger charge is -2.11. The van der Waals surface area contributed by atoms with E-state index in [2.05, 4.69) is 98.4 Å².